The fourth-order valence-electron chi connectivity index (χ4n) is 1.43. The van der Waals surface area contributed by atoms with Gasteiger partial charge in [-0.15, -0.1) is 4.91 Å². The summed E-state index contributed by atoms with van der Waals surface area (Å²) in [7, 11) is -3.41. The summed E-state index contributed by atoms with van der Waals surface area (Å²) in [6.45, 7) is 5.32. The maximum atomic E-state index is 11.8. The Hall–Kier alpha value is -1.27. The lowest BCUT2D eigenvalue weighted by atomic mass is 10.1. The number of sulfonamides is 1. The Morgan fingerprint density at radius 2 is 1.94 bits per heavy atom. The van der Waals surface area contributed by atoms with Crippen molar-refractivity contribution in [2.45, 2.75) is 32.1 Å². The highest BCUT2D eigenvalue weighted by molar-refractivity contribution is 7.88. The van der Waals surface area contributed by atoms with Crippen LogP contribution in [0.25, 0.3) is 0 Å². The number of benzene rings is 1. The van der Waals surface area contributed by atoms with Gasteiger partial charge in [0.05, 0.1) is 5.75 Å². The molecule has 1 N–H and O–H groups in total. The summed E-state index contributed by atoms with van der Waals surface area (Å²) >= 11 is 0. The van der Waals surface area contributed by atoms with Gasteiger partial charge in [-0.1, -0.05) is 12.1 Å². The molecule has 0 bridgehead atoms. The predicted octanol–water partition coefficient (Wildman–Crippen LogP) is 2.30. The monoisotopic (exact) mass is 256 g/mol. The van der Waals surface area contributed by atoms with Gasteiger partial charge in [-0.3, -0.25) is 0 Å². The molecule has 0 spiro atoms. The SMILES string of the molecule is CC(C)(C)NS(=O)(=O)Cc1cccc(N=O)c1. The first-order valence-corrected chi connectivity index (χ1v) is 6.81. The van der Waals surface area contributed by atoms with Crippen molar-refractivity contribution in [3.05, 3.63) is 34.7 Å². The highest BCUT2D eigenvalue weighted by Crippen LogP contribution is 2.16. The molecular formula is C11H16N2O3S. The smallest absolute Gasteiger partial charge is 0.212 e. The molecule has 0 saturated heterocycles. The first-order chi connectivity index (χ1) is 7.72. The molecule has 0 amide bonds. The molecule has 6 heteroatoms. The highest BCUT2D eigenvalue weighted by Gasteiger charge is 2.20. The molecule has 0 aliphatic heterocycles. The molecule has 0 atom stereocenters. The molecule has 94 valence electrons. The Balaban J connectivity index is 2.86. The second-order valence-corrected chi connectivity index (χ2v) is 6.59. The summed E-state index contributed by atoms with van der Waals surface area (Å²) in [4.78, 5) is 10.3. The third-order valence-corrected chi connectivity index (χ3v) is 3.47. The molecule has 0 unspecified atom stereocenters. The number of nitrogens with one attached hydrogen (secondary N) is 1. The van der Waals surface area contributed by atoms with Gasteiger partial charge < -0.3 is 0 Å². The van der Waals surface area contributed by atoms with E-state index in [9.17, 15) is 13.3 Å². The third-order valence-electron chi connectivity index (χ3n) is 1.83. The van der Waals surface area contributed by atoms with E-state index in [2.05, 4.69) is 9.90 Å². The van der Waals surface area contributed by atoms with Gasteiger partial charge in [0.2, 0.25) is 10.0 Å². The van der Waals surface area contributed by atoms with Gasteiger partial charge in [0, 0.05) is 5.54 Å². The number of nitroso groups, excluding NO2 is 1. The Kier molecular flexibility index (Phi) is 4.00. The minimum Gasteiger partial charge on any atom is -0.212 e. The van der Waals surface area contributed by atoms with Gasteiger partial charge in [-0.05, 0) is 43.6 Å². The van der Waals surface area contributed by atoms with Crippen LogP contribution >= 0.6 is 0 Å². The highest BCUT2D eigenvalue weighted by atomic mass is 32.2. The lowest BCUT2D eigenvalue weighted by Crippen LogP contribution is -2.41. The number of hydrogen-bond acceptors (Lipinski definition) is 4. The third kappa shape index (κ3) is 5.06. The molecular weight excluding hydrogens is 240 g/mol. The topological polar surface area (TPSA) is 75.6 Å². The van der Waals surface area contributed by atoms with Crippen molar-refractivity contribution in [2.24, 2.45) is 5.18 Å². The summed E-state index contributed by atoms with van der Waals surface area (Å²) in [5.74, 6) is -0.159. The Morgan fingerprint density at radius 1 is 1.29 bits per heavy atom. The summed E-state index contributed by atoms with van der Waals surface area (Å²) in [6.07, 6.45) is 0. The van der Waals surface area contributed by atoms with Crippen molar-refractivity contribution in [1.29, 1.82) is 0 Å². The van der Waals surface area contributed by atoms with Crippen LogP contribution in [0.5, 0.6) is 0 Å². The molecule has 0 fully saturated rings. The Labute approximate surface area is 101 Å². The predicted molar refractivity (Wildman–Crippen MR) is 67.4 cm³/mol. The van der Waals surface area contributed by atoms with Crippen LogP contribution in [0, 0.1) is 4.91 Å². The molecule has 0 aromatic heterocycles. The molecule has 1 aromatic rings. The van der Waals surface area contributed by atoms with Crippen molar-refractivity contribution < 1.29 is 8.42 Å². The molecule has 0 heterocycles. The van der Waals surface area contributed by atoms with E-state index in [0.29, 0.717) is 5.56 Å². The zero-order chi connectivity index (χ0) is 13.1. The van der Waals surface area contributed by atoms with Gasteiger partial charge in [-0.2, -0.15) is 0 Å². The van der Waals surface area contributed by atoms with Crippen LogP contribution in [0.15, 0.2) is 29.4 Å². The Morgan fingerprint density at radius 3 is 2.47 bits per heavy atom. The van der Waals surface area contributed by atoms with Crippen molar-refractivity contribution in [1.82, 2.24) is 4.72 Å². The number of nitrogens with zero attached hydrogens (tertiary/aromatic N) is 1. The molecule has 0 saturated carbocycles. The molecule has 0 radical (unpaired) electrons. The van der Waals surface area contributed by atoms with Crippen LogP contribution in [0.4, 0.5) is 5.69 Å². The largest absolute Gasteiger partial charge is 0.216 e. The quantitative estimate of drug-likeness (QED) is 0.840. The van der Waals surface area contributed by atoms with E-state index < -0.39 is 15.6 Å². The van der Waals surface area contributed by atoms with E-state index in [0.717, 1.165) is 0 Å². The summed E-state index contributed by atoms with van der Waals surface area (Å²) < 4.78 is 26.1. The standard InChI is InChI=1S/C11H16N2O3S/c1-11(2,3)13-17(15,16)8-9-5-4-6-10(7-9)12-14/h4-7,13H,8H2,1-3H3. The van der Waals surface area contributed by atoms with Gasteiger partial charge in [0.25, 0.3) is 0 Å². The normalized spacial score (nSPS) is 12.4. The zero-order valence-electron chi connectivity index (χ0n) is 10.1. The van der Waals surface area contributed by atoms with Gasteiger partial charge in [0.1, 0.15) is 5.69 Å². The average molecular weight is 256 g/mol. The second kappa shape index (κ2) is 4.93. The average Bonchev–Trinajstić information content (AvgIpc) is 2.13. The fourth-order valence-corrected chi connectivity index (χ4v) is 3.05. The maximum absolute atomic E-state index is 11.8. The van der Waals surface area contributed by atoms with E-state index >= 15 is 0 Å². The van der Waals surface area contributed by atoms with E-state index in [1.54, 1.807) is 32.9 Å². The van der Waals surface area contributed by atoms with Crippen LogP contribution in [-0.2, 0) is 15.8 Å². The number of hydrogen-bond donors (Lipinski definition) is 1. The van der Waals surface area contributed by atoms with Crippen molar-refractivity contribution >= 4 is 15.7 Å². The first kappa shape index (κ1) is 13.8. The van der Waals surface area contributed by atoms with Crippen LogP contribution in [-0.4, -0.2) is 14.0 Å². The number of rotatable bonds is 4. The van der Waals surface area contributed by atoms with Crippen molar-refractivity contribution in [3.8, 4) is 0 Å². The minimum atomic E-state index is -3.41. The molecule has 1 rings (SSSR count). The minimum absolute atomic E-state index is 0.159. The summed E-state index contributed by atoms with van der Waals surface area (Å²) in [6, 6.07) is 6.25. The van der Waals surface area contributed by atoms with E-state index in [4.69, 9.17) is 0 Å². The second-order valence-electron chi connectivity index (χ2n) is 4.87. The van der Waals surface area contributed by atoms with Gasteiger partial charge in [-0.25, -0.2) is 13.1 Å². The zero-order valence-corrected chi connectivity index (χ0v) is 10.9. The summed E-state index contributed by atoms with van der Waals surface area (Å²) in [5, 5.41) is 2.77. The van der Waals surface area contributed by atoms with Crippen LogP contribution in [0.3, 0.4) is 0 Å². The molecule has 1 aromatic carbocycles. The van der Waals surface area contributed by atoms with Crippen LogP contribution in [0.1, 0.15) is 26.3 Å². The van der Waals surface area contributed by atoms with Crippen molar-refractivity contribution in [2.75, 3.05) is 0 Å². The maximum Gasteiger partial charge on any atom is 0.216 e. The van der Waals surface area contributed by atoms with Crippen LogP contribution in [0.2, 0.25) is 0 Å². The summed E-state index contributed by atoms with van der Waals surface area (Å²) in [5.41, 5.74) is 0.256. The lowest BCUT2D eigenvalue weighted by molar-refractivity contribution is 0.491. The van der Waals surface area contributed by atoms with E-state index in [-0.39, 0.29) is 11.4 Å². The lowest BCUT2D eigenvalue weighted by Gasteiger charge is -2.20. The fraction of sp³-hybridized carbons (Fsp3) is 0.455. The molecule has 0 aliphatic carbocycles. The molecule has 17 heavy (non-hydrogen) atoms. The van der Waals surface area contributed by atoms with Gasteiger partial charge in [0.15, 0.2) is 0 Å². The van der Waals surface area contributed by atoms with E-state index in [1.165, 1.54) is 12.1 Å². The Bertz CT molecular complexity index is 504. The van der Waals surface area contributed by atoms with Crippen LogP contribution < -0.4 is 4.72 Å². The van der Waals surface area contributed by atoms with E-state index in [1.807, 2.05) is 0 Å². The van der Waals surface area contributed by atoms with Crippen molar-refractivity contribution in [3.63, 3.8) is 0 Å². The first-order valence-electron chi connectivity index (χ1n) is 5.16. The molecule has 0 aliphatic rings. The molecule has 5 nitrogen and oxygen atoms in total. The van der Waals surface area contributed by atoms with Gasteiger partial charge >= 0.3 is 0 Å².